The molecule has 112 valence electrons. The van der Waals surface area contributed by atoms with Gasteiger partial charge in [0.05, 0.1) is 0 Å². The number of halogens is 1. The predicted octanol–water partition coefficient (Wildman–Crippen LogP) is 1.81. The van der Waals surface area contributed by atoms with Crippen LogP contribution >= 0.6 is 15.9 Å². The fourth-order valence-corrected chi connectivity index (χ4v) is 4.47. The molecule has 0 atom stereocenters. The normalized spacial score (nSPS) is 15.8. The lowest BCUT2D eigenvalue weighted by atomic mass is 10.2. The van der Waals surface area contributed by atoms with Crippen molar-refractivity contribution in [3.63, 3.8) is 0 Å². The molecule has 0 radical (unpaired) electrons. The van der Waals surface area contributed by atoms with E-state index in [0.717, 1.165) is 17.3 Å². The number of nitrogens with zero attached hydrogens (tertiary/aromatic N) is 1. The van der Waals surface area contributed by atoms with Crippen molar-refractivity contribution in [2.75, 3.05) is 7.05 Å². The van der Waals surface area contributed by atoms with Crippen molar-refractivity contribution in [2.24, 2.45) is 5.73 Å². The van der Waals surface area contributed by atoms with E-state index in [4.69, 9.17) is 5.73 Å². The zero-order valence-corrected chi connectivity index (χ0v) is 13.7. The van der Waals surface area contributed by atoms with Gasteiger partial charge >= 0.3 is 0 Å². The van der Waals surface area contributed by atoms with E-state index in [1.807, 2.05) is 0 Å². The zero-order chi connectivity index (χ0) is 15.4. The SMILES string of the molecule is CN(C1CC1)S(=O)(=O)c1c(C(N)=O)[nH]c2ccc(Br)cc12. The zero-order valence-electron chi connectivity index (χ0n) is 11.3. The number of rotatable bonds is 4. The molecule has 1 aromatic carbocycles. The minimum atomic E-state index is -3.77. The monoisotopic (exact) mass is 371 g/mol. The third-order valence-electron chi connectivity index (χ3n) is 3.66. The van der Waals surface area contributed by atoms with Crippen LogP contribution in [0.3, 0.4) is 0 Å². The molecule has 1 aliphatic rings. The third-order valence-corrected chi connectivity index (χ3v) is 6.15. The summed E-state index contributed by atoms with van der Waals surface area (Å²) in [5.74, 6) is -0.787. The third kappa shape index (κ3) is 2.37. The first kappa shape index (κ1) is 14.6. The molecule has 0 bridgehead atoms. The molecule has 1 amide bonds. The van der Waals surface area contributed by atoms with E-state index in [1.165, 1.54) is 11.4 Å². The number of nitrogens with one attached hydrogen (secondary N) is 1. The van der Waals surface area contributed by atoms with Crippen molar-refractivity contribution in [3.05, 3.63) is 28.4 Å². The molecule has 2 aromatic rings. The van der Waals surface area contributed by atoms with Gasteiger partial charge in [-0.2, -0.15) is 4.31 Å². The van der Waals surface area contributed by atoms with Gasteiger partial charge in [-0.15, -0.1) is 0 Å². The highest BCUT2D eigenvalue weighted by atomic mass is 79.9. The number of hydrogen-bond donors (Lipinski definition) is 2. The number of nitrogens with two attached hydrogens (primary N) is 1. The Labute approximate surface area is 130 Å². The number of carbonyl (C=O) groups is 1. The lowest BCUT2D eigenvalue weighted by Crippen LogP contribution is -2.30. The van der Waals surface area contributed by atoms with E-state index < -0.39 is 15.9 Å². The number of carbonyl (C=O) groups excluding carboxylic acids is 1. The number of aromatic nitrogens is 1. The van der Waals surface area contributed by atoms with E-state index in [9.17, 15) is 13.2 Å². The van der Waals surface area contributed by atoms with Gasteiger partial charge in [0.2, 0.25) is 10.0 Å². The Kier molecular flexibility index (Phi) is 3.34. The fourth-order valence-electron chi connectivity index (χ4n) is 2.36. The summed E-state index contributed by atoms with van der Waals surface area (Å²) in [5, 5.41) is 0.464. The summed E-state index contributed by atoms with van der Waals surface area (Å²) in [6, 6.07) is 5.16. The van der Waals surface area contributed by atoms with Gasteiger partial charge in [0.25, 0.3) is 5.91 Å². The molecule has 6 nitrogen and oxygen atoms in total. The highest BCUT2D eigenvalue weighted by molar-refractivity contribution is 9.10. The van der Waals surface area contributed by atoms with Crippen LogP contribution in [-0.2, 0) is 10.0 Å². The number of benzene rings is 1. The molecule has 8 heteroatoms. The topological polar surface area (TPSA) is 96.3 Å². The van der Waals surface area contributed by atoms with Gasteiger partial charge in [-0.25, -0.2) is 8.42 Å². The summed E-state index contributed by atoms with van der Waals surface area (Å²) in [4.78, 5) is 14.4. The van der Waals surface area contributed by atoms with Gasteiger partial charge in [0, 0.05) is 28.5 Å². The Morgan fingerprint density at radius 1 is 1.43 bits per heavy atom. The number of H-pyrrole nitrogens is 1. The van der Waals surface area contributed by atoms with Crippen LogP contribution in [0.15, 0.2) is 27.6 Å². The fraction of sp³-hybridized carbons (Fsp3) is 0.308. The Morgan fingerprint density at radius 2 is 2.10 bits per heavy atom. The largest absolute Gasteiger partial charge is 0.364 e. The van der Waals surface area contributed by atoms with Crippen LogP contribution in [-0.4, -0.2) is 36.7 Å². The predicted molar refractivity (Wildman–Crippen MR) is 82.5 cm³/mol. The molecule has 0 unspecified atom stereocenters. The lowest BCUT2D eigenvalue weighted by molar-refractivity contribution is 0.0993. The molecule has 1 saturated carbocycles. The second-order valence-corrected chi connectivity index (χ2v) is 7.99. The van der Waals surface area contributed by atoms with Crippen molar-refractivity contribution < 1.29 is 13.2 Å². The molecule has 1 aromatic heterocycles. The second kappa shape index (κ2) is 4.82. The Hall–Kier alpha value is -1.38. The Balaban J connectivity index is 2.31. The smallest absolute Gasteiger partial charge is 0.266 e. The summed E-state index contributed by atoms with van der Waals surface area (Å²) in [6.45, 7) is 0. The summed E-state index contributed by atoms with van der Waals surface area (Å²) in [5.41, 5.74) is 5.83. The maximum Gasteiger partial charge on any atom is 0.266 e. The van der Waals surface area contributed by atoms with Gasteiger partial charge in [-0.05, 0) is 31.0 Å². The standard InChI is InChI=1S/C13H14BrN3O3S/c1-17(8-3-4-8)21(19,20)12-9-6-7(14)2-5-10(9)16-11(12)13(15)18/h2,5-6,8,16H,3-4H2,1H3,(H2,15,18). The average Bonchev–Trinajstić information content (AvgIpc) is 3.17. The van der Waals surface area contributed by atoms with Crippen LogP contribution in [0.5, 0.6) is 0 Å². The maximum atomic E-state index is 12.8. The average molecular weight is 372 g/mol. The van der Waals surface area contributed by atoms with Crippen molar-refractivity contribution >= 4 is 42.8 Å². The maximum absolute atomic E-state index is 12.8. The van der Waals surface area contributed by atoms with Crippen molar-refractivity contribution in [1.29, 1.82) is 0 Å². The number of primary amides is 1. The van der Waals surface area contributed by atoms with E-state index in [2.05, 4.69) is 20.9 Å². The van der Waals surface area contributed by atoms with Gasteiger partial charge in [0.1, 0.15) is 10.6 Å². The molecule has 21 heavy (non-hydrogen) atoms. The minimum absolute atomic E-state index is 0.00725. The number of aromatic amines is 1. The molecule has 1 aliphatic carbocycles. The Morgan fingerprint density at radius 3 is 2.67 bits per heavy atom. The van der Waals surface area contributed by atoms with E-state index in [1.54, 1.807) is 18.2 Å². The van der Waals surface area contributed by atoms with Crippen molar-refractivity contribution in [1.82, 2.24) is 9.29 Å². The first-order valence-corrected chi connectivity index (χ1v) is 8.64. The molecule has 0 spiro atoms. The minimum Gasteiger partial charge on any atom is -0.364 e. The van der Waals surface area contributed by atoms with Crippen LogP contribution in [0.25, 0.3) is 10.9 Å². The molecule has 3 rings (SSSR count). The summed E-state index contributed by atoms with van der Waals surface area (Å²) in [7, 11) is -2.23. The quantitative estimate of drug-likeness (QED) is 0.857. The van der Waals surface area contributed by atoms with E-state index >= 15 is 0 Å². The van der Waals surface area contributed by atoms with Crippen molar-refractivity contribution in [3.8, 4) is 0 Å². The highest BCUT2D eigenvalue weighted by Gasteiger charge is 2.38. The second-order valence-electron chi connectivity index (χ2n) is 5.14. The highest BCUT2D eigenvalue weighted by Crippen LogP contribution is 2.35. The van der Waals surface area contributed by atoms with E-state index in [0.29, 0.717) is 10.9 Å². The van der Waals surface area contributed by atoms with Gasteiger partial charge in [0.15, 0.2) is 0 Å². The summed E-state index contributed by atoms with van der Waals surface area (Å²) in [6.07, 6.45) is 1.68. The molecular weight excluding hydrogens is 358 g/mol. The molecule has 0 aliphatic heterocycles. The van der Waals surface area contributed by atoms with Crippen LogP contribution in [0.2, 0.25) is 0 Å². The first-order chi connectivity index (χ1) is 9.82. The number of fused-ring (bicyclic) bond motifs is 1. The Bertz CT molecular complexity index is 840. The lowest BCUT2D eigenvalue weighted by Gasteiger charge is -2.16. The van der Waals surface area contributed by atoms with Gasteiger partial charge < -0.3 is 10.7 Å². The van der Waals surface area contributed by atoms with Crippen LogP contribution in [0.1, 0.15) is 23.3 Å². The molecule has 0 saturated heterocycles. The van der Waals surface area contributed by atoms with Gasteiger partial charge in [-0.1, -0.05) is 15.9 Å². The summed E-state index contributed by atoms with van der Waals surface area (Å²) >= 11 is 3.32. The molecule has 1 heterocycles. The van der Waals surface area contributed by atoms with E-state index in [-0.39, 0.29) is 16.6 Å². The summed E-state index contributed by atoms with van der Waals surface area (Å²) < 4.78 is 27.7. The van der Waals surface area contributed by atoms with Crippen LogP contribution < -0.4 is 5.73 Å². The number of sulfonamides is 1. The first-order valence-electron chi connectivity index (χ1n) is 6.41. The van der Waals surface area contributed by atoms with Gasteiger partial charge in [-0.3, -0.25) is 4.79 Å². The number of amides is 1. The molecular formula is C13H14BrN3O3S. The molecule has 1 fully saturated rings. The van der Waals surface area contributed by atoms with Crippen LogP contribution in [0.4, 0.5) is 0 Å². The van der Waals surface area contributed by atoms with Crippen molar-refractivity contribution in [2.45, 2.75) is 23.8 Å². The molecule has 3 N–H and O–H groups in total. The number of hydrogen-bond acceptors (Lipinski definition) is 3. The van der Waals surface area contributed by atoms with Crippen LogP contribution in [0, 0.1) is 0 Å².